The molecule has 2 nitrogen and oxygen atoms in total. The third-order valence-corrected chi connectivity index (χ3v) is 2.61. The molecule has 2 N–H and O–H groups in total. The highest BCUT2D eigenvalue weighted by Gasteiger charge is 2.08. The van der Waals surface area contributed by atoms with Crippen LogP contribution >= 0.6 is 0 Å². The summed E-state index contributed by atoms with van der Waals surface area (Å²) in [7, 11) is 2.11. The van der Waals surface area contributed by atoms with E-state index in [0.29, 0.717) is 6.54 Å². The summed E-state index contributed by atoms with van der Waals surface area (Å²) in [6, 6.07) is 0. The van der Waals surface area contributed by atoms with Gasteiger partial charge in [0.15, 0.2) is 0 Å². The van der Waals surface area contributed by atoms with Crippen molar-refractivity contribution >= 4 is 0 Å². The third-order valence-electron chi connectivity index (χ3n) is 2.61. The smallest absolute Gasteiger partial charge is 0.0219 e. The van der Waals surface area contributed by atoms with Crippen molar-refractivity contribution in [3.05, 3.63) is 23.0 Å². The molecule has 1 rings (SSSR count). The average molecular weight is 180 g/mol. The normalized spacial score (nSPS) is 10.8. The van der Waals surface area contributed by atoms with Crippen molar-refractivity contribution in [1.82, 2.24) is 4.57 Å². The molecule has 13 heavy (non-hydrogen) atoms. The summed E-state index contributed by atoms with van der Waals surface area (Å²) in [5.74, 6) is 0. The van der Waals surface area contributed by atoms with Gasteiger partial charge in [0.05, 0.1) is 0 Å². The second-order valence-electron chi connectivity index (χ2n) is 3.66. The van der Waals surface area contributed by atoms with E-state index < -0.39 is 0 Å². The topological polar surface area (TPSA) is 30.9 Å². The number of hydrogen-bond acceptors (Lipinski definition) is 1. The first-order valence-corrected chi connectivity index (χ1v) is 5.04. The molecule has 0 aromatic carbocycles. The van der Waals surface area contributed by atoms with Gasteiger partial charge < -0.3 is 10.3 Å². The zero-order chi connectivity index (χ0) is 9.84. The maximum atomic E-state index is 5.72. The minimum atomic E-state index is 0.672. The minimum Gasteiger partial charge on any atom is -0.354 e. The van der Waals surface area contributed by atoms with Gasteiger partial charge in [-0.25, -0.2) is 0 Å². The van der Waals surface area contributed by atoms with Crippen LogP contribution < -0.4 is 5.73 Å². The molecular formula is C11H20N2. The first-order chi connectivity index (χ1) is 6.20. The molecule has 0 radical (unpaired) electrons. The Morgan fingerprint density at radius 2 is 2.15 bits per heavy atom. The molecular weight excluding hydrogens is 160 g/mol. The summed E-state index contributed by atoms with van der Waals surface area (Å²) >= 11 is 0. The van der Waals surface area contributed by atoms with E-state index in [-0.39, 0.29) is 0 Å². The van der Waals surface area contributed by atoms with Gasteiger partial charge in [0, 0.05) is 25.5 Å². The fraction of sp³-hybridized carbons (Fsp3) is 0.636. The first-order valence-electron chi connectivity index (χ1n) is 5.04. The average Bonchev–Trinajstić information content (AvgIpc) is 2.37. The van der Waals surface area contributed by atoms with Gasteiger partial charge in [-0.05, 0) is 30.9 Å². The Hall–Kier alpha value is -0.760. The molecule has 1 aromatic rings. The Morgan fingerprint density at radius 3 is 2.69 bits per heavy atom. The number of nitrogens with zero attached hydrogens (tertiary/aromatic N) is 1. The molecule has 0 atom stereocenters. The summed E-state index contributed by atoms with van der Waals surface area (Å²) < 4.78 is 2.22. The molecule has 74 valence electrons. The van der Waals surface area contributed by atoms with Gasteiger partial charge in [-0.15, -0.1) is 0 Å². The number of hydrogen-bond donors (Lipinski definition) is 1. The van der Waals surface area contributed by atoms with Crippen molar-refractivity contribution in [2.24, 2.45) is 12.8 Å². The zero-order valence-electron chi connectivity index (χ0n) is 8.93. The highest BCUT2D eigenvalue weighted by molar-refractivity contribution is 5.31. The first kappa shape index (κ1) is 10.3. The quantitative estimate of drug-likeness (QED) is 0.756. The largest absolute Gasteiger partial charge is 0.354 e. The molecule has 0 unspecified atom stereocenters. The van der Waals surface area contributed by atoms with Crippen LogP contribution in [-0.4, -0.2) is 4.57 Å². The molecule has 1 aromatic heterocycles. The van der Waals surface area contributed by atoms with E-state index in [4.69, 9.17) is 5.73 Å². The van der Waals surface area contributed by atoms with E-state index >= 15 is 0 Å². The van der Waals surface area contributed by atoms with Gasteiger partial charge in [0.1, 0.15) is 0 Å². The summed E-state index contributed by atoms with van der Waals surface area (Å²) in [6.45, 7) is 5.03. The Balaban J connectivity index is 2.89. The SMILES string of the molecule is CCCCc1c(CN)c(C)cn1C. The van der Waals surface area contributed by atoms with Crippen LogP contribution in [0.5, 0.6) is 0 Å². The van der Waals surface area contributed by atoms with Crippen LogP contribution in [0.25, 0.3) is 0 Å². The Labute approximate surface area is 80.7 Å². The lowest BCUT2D eigenvalue weighted by atomic mass is 10.1. The Morgan fingerprint density at radius 1 is 1.46 bits per heavy atom. The van der Waals surface area contributed by atoms with Gasteiger partial charge in [0.25, 0.3) is 0 Å². The van der Waals surface area contributed by atoms with Crippen LogP contribution in [0.2, 0.25) is 0 Å². The highest BCUT2D eigenvalue weighted by Crippen LogP contribution is 2.17. The van der Waals surface area contributed by atoms with Gasteiger partial charge >= 0.3 is 0 Å². The molecule has 0 aliphatic carbocycles. The van der Waals surface area contributed by atoms with Crippen molar-refractivity contribution in [1.29, 1.82) is 0 Å². The summed E-state index contributed by atoms with van der Waals surface area (Å²) in [4.78, 5) is 0. The fourth-order valence-electron chi connectivity index (χ4n) is 1.84. The van der Waals surface area contributed by atoms with Crippen molar-refractivity contribution in [2.75, 3.05) is 0 Å². The standard InChI is InChI=1S/C11H20N2/c1-4-5-6-11-10(7-12)9(2)8-13(11)3/h8H,4-7,12H2,1-3H3. The molecule has 0 fully saturated rings. The molecule has 0 aliphatic rings. The predicted octanol–water partition coefficient (Wildman–Crippen LogP) is 2.13. The monoisotopic (exact) mass is 180 g/mol. The van der Waals surface area contributed by atoms with Crippen molar-refractivity contribution in [2.45, 2.75) is 39.7 Å². The maximum absolute atomic E-state index is 5.72. The van der Waals surface area contributed by atoms with Gasteiger partial charge in [-0.1, -0.05) is 13.3 Å². The summed E-state index contributed by atoms with van der Waals surface area (Å²) in [5, 5.41) is 0. The van der Waals surface area contributed by atoms with Crippen LogP contribution in [0.15, 0.2) is 6.20 Å². The second-order valence-corrected chi connectivity index (χ2v) is 3.66. The molecule has 0 saturated heterocycles. The number of nitrogens with two attached hydrogens (primary N) is 1. The van der Waals surface area contributed by atoms with Crippen LogP contribution in [-0.2, 0) is 20.0 Å². The molecule has 0 bridgehead atoms. The number of aryl methyl sites for hydroxylation is 2. The van der Waals surface area contributed by atoms with Crippen LogP contribution in [0.3, 0.4) is 0 Å². The van der Waals surface area contributed by atoms with Crippen LogP contribution in [0.4, 0.5) is 0 Å². The van der Waals surface area contributed by atoms with E-state index in [2.05, 4.69) is 31.7 Å². The van der Waals surface area contributed by atoms with E-state index in [1.165, 1.54) is 29.7 Å². The molecule has 0 aliphatic heterocycles. The van der Waals surface area contributed by atoms with Crippen molar-refractivity contribution < 1.29 is 0 Å². The third kappa shape index (κ3) is 2.13. The highest BCUT2D eigenvalue weighted by atomic mass is 14.9. The van der Waals surface area contributed by atoms with Crippen LogP contribution in [0, 0.1) is 6.92 Å². The Bertz CT molecular complexity index is 274. The van der Waals surface area contributed by atoms with Crippen molar-refractivity contribution in [3.8, 4) is 0 Å². The van der Waals surface area contributed by atoms with E-state index in [1.54, 1.807) is 0 Å². The lowest BCUT2D eigenvalue weighted by Crippen LogP contribution is -2.04. The second kappa shape index (κ2) is 4.47. The maximum Gasteiger partial charge on any atom is 0.0219 e. The summed E-state index contributed by atoms with van der Waals surface area (Å²) in [5.41, 5.74) is 9.81. The van der Waals surface area contributed by atoms with Gasteiger partial charge in [-0.2, -0.15) is 0 Å². The minimum absolute atomic E-state index is 0.672. The van der Waals surface area contributed by atoms with E-state index in [0.717, 1.165) is 6.42 Å². The van der Waals surface area contributed by atoms with Crippen molar-refractivity contribution in [3.63, 3.8) is 0 Å². The van der Waals surface area contributed by atoms with Crippen LogP contribution in [0.1, 0.15) is 36.6 Å². The van der Waals surface area contributed by atoms with Gasteiger partial charge in [-0.3, -0.25) is 0 Å². The molecule has 1 heterocycles. The lowest BCUT2D eigenvalue weighted by molar-refractivity contribution is 0.723. The summed E-state index contributed by atoms with van der Waals surface area (Å²) in [6.07, 6.45) is 5.83. The molecule has 0 spiro atoms. The molecule has 0 saturated carbocycles. The number of unbranched alkanes of at least 4 members (excludes halogenated alkanes) is 1. The van der Waals surface area contributed by atoms with Gasteiger partial charge in [0.2, 0.25) is 0 Å². The Kier molecular flexibility index (Phi) is 3.55. The molecule has 0 amide bonds. The number of rotatable bonds is 4. The lowest BCUT2D eigenvalue weighted by Gasteiger charge is -2.05. The fourth-order valence-corrected chi connectivity index (χ4v) is 1.84. The zero-order valence-corrected chi connectivity index (χ0v) is 8.93. The van der Waals surface area contributed by atoms with E-state index in [1.807, 2.05) is 0 Å². The predicted molar refractivity (Wildman–Crippen MR) is 56.7 cm³/mol. The van der Waals surface area contributed by atoms with E-state index in [9.17, 15) is 0 Å². The molecule has 2 heteroatoms. The number of aromatic nitrogens is 1.